The maximum atomic E-state index is 7.91. The predicted octanol–water partition coefficient (Wildman–Crippen LogP) is 3.21. The molecule has 1 aromatic carbocycles. The van der Waals surface area contributed by atoms with Crippen molar-refractivity contribution in [1.29, 1.82) is 0 Å². The number of aliphatic imine (C=N–C) groups is 1. The highest BCUT2D eigenvalue weighted by Gasteiger charge is 2.41. The number of likely N-dealkylation sites (N-methyl/N-ethyl adjacent to an activating group) is 1. The lowest BCUT2D eigenvalue weighted by Crippen LogP contribution is -2.40. The van der Waals surface area contributed by atoms with Gasteiger partial charge in [-0.2, -0.15) is 5.10 Å². The highest BCUT2D eigenvalue weighted by Crippen LogP contribution is 2.41. The molecule has 2 unspecified atom stereocenters. The number of halogens is 1. The number of fused-ring (bicyclic) bond motifs is 1. The number of hydrogen-bond donors (Lipinski definition) is 1. The van der Waals surface area contributed by atoms with E-state index in [0.29, 0.717) is 11.6 Å². The van der Waals surface area contributed by atoms with Crippen LogP contribution < -0.4 is 0 Å². The van der Waals surface area contributed by atoms with Crippen molar-refractivity contribution in [3.8, 4) is 0 Å². The second kappa shape index (κ2) is 7.81. The molecular weight excluding hydrogens is 360 g/mol. The maximum Gasteiger partial charge on any atom is 0.273 e. The molecule has 1 aromatic heterocycles. The van der Waals surface area contributed by atoms with Crippen molar-refractivity contribution in [3.05, 3.63) is 58.0 Å². The van der Waals surface area contributed by atoms with E-state index < -0.39 is 0 Å². The van der Waals surface area contributed by atoms with Crippen LogP contribution in [0.5, 0.6) is 0 Å². The molecule has 0 saturated carbocycles. The lowest BCUT2D eigenvalue weighted by Gasteiger charge is -2.28. The maximum absolute atomic E-state index is 7.91. The van der Waals surface area contributed by atoms with Gasteiger partial charge in [-0.1, -0.05) is 29.8 Å². The van der Waals surface area contributed by atoms with Gasteiger partial charge in [0.1, 0.15) is 5.71 Å². The van der Waals surface area contributed by atoms with E-state index in [4.69, 9.17) is 23.2 Å². The SMILES string of the molecule is [C-]#[N+]C1C(CN2CCCN(C)CC2)=Nc2[nH]ncc2C1c1ccccc1Cl. The van der Waals surface area contributed by atoms with E-state index in [0.717, 1.165) is 55.3 Å². The Hall–Kier alpha value is -2.20. The van der Waals surface area contributed by atoms with Gasteiger partial charge >= 0.3 is 0 Å². The molecule has 2 atom stereocenters. The molecule has 7 heteroatoms. The lowest BCUT2D eigenvalue weighted by atomic mass is 9.82. The van der Waals surface area contributed by atoms with Crippen LogP contribution in [0.1, 0.15) is 23.5 Å². The van der Waals surface area contributed by atoms with Crippen molar-refractivity contribution >= 4 is 23.1 Å². The van der Waals surface area contributed by atoms with E-state index >= 15 is 0 Å². The quantitative estimate of drug-likeness (QED) is 0.829. The van der Waals surface area contributed by atoms with E-state index in [1.807, 2.05) is 24.3 Å². The zero-order chi connectivity index (χ0) is 18.8. The minimum Gasteiger partial charge on any atom is -0.306 e. The average molecular weight is 383 g/mol. The summed E-state index contributed by atoms with van der Waals surface area (Å²) in [5, 5.41) is 7.87. The van der Waals surface area contributed by atoms with Crippen molar-refractivity contribution in [3.63, 3.8) is 0 Å². The lowest BCUT2D eigenvalue weighted by molar-refractivity contribution is 0.304. The van der Waals surface area contributed by atoms with E-state index in [9.17, 15) is 0 Å². The summed E-state index contributed by atoms with van der Waals surface area (Å²) in [6, 6.07) is 7.41. The molecule has 0 bridgehead atoms. The summed E-state index contributed by atoms with van der Waals surface area (Å²) in [5.74, 6) is 0.605. The van der Waals surface area contributed by atoms with Crippen molar-refractivity contribution in [2.75, 3.05) is 39.8 Å². The Morgan fingerprint density at radius 1 is 1.22 bits per heavy atom. The molecule has 27 heavy (non-hydrogen) atoms. The first kappa shape index (κ1) is 18.2. The van der Waals surface area contributed by atoms with Gasteiger partial charge in [-0.3, -0.25) is 10.00 Å². The number of hydrogen-bond acceptors (Lipinski definition) is 4. The normalized spacial score (nSPS) is 24.0. The van der Waals surface area contributed by atoms with E-state index in [2.05, 4.69) is 31.9 Å². The molecule has 2 aliphatic heterocycles. The van der Waals surface area contributed by atoms with Gasteiger partial charge in [0.15, 0.2) is 5.82 Å². The molecule has 2 aliphatic rings. The Labute approximate surface area is 164 Å². The number of H-pyrrole nitrogens is 1. The fraction of sp³-hybridized carbons (Fsp3) is 0.450. The Morgan fingerprint density at radius 3 is 2.89 bits per heavy atom. The van der Waals surface area contributed by atoms with Gasteiger partial charge in [0.2, 0.25) is 0 Å². The minimum atomic E-state index is -0.365. The second-order valence-electron chi connectivity index (χ2n) is 7.28. The number of nitrogens with zero attached hydrogens (tertiary/aromatic N) is 5. The van der Waals surface area contributed by atoms with Crippen LogP contribution >= 0.6 is 11.6 Å². The summed E-state index contributed by atoms with van der Waals surface area (Å²) in [5.41, 5.74) is 2.81. The van der Waals surface area contributed by atoms with E-state index in [-0.39, 0.29) is 12.0 Å². The molecule has 3 heterocycles. The molecule has 2 aromatic rings. The number of aromatic amines is 1. The van der Waals surface area contributed by atoms with Gasteiger partial charge < -0.3 is 9.74 Å². The summed E-state index contributed by atoms with van der Waals surface area (Å²) in [4.78, 5) is 13.5. The van der Waals surface area contributed by atoms with Crippen LogP contribution in [0.25, 0.3) is 4.85 Å². The zero-order valence-corrected chi connectivity index (χ0v) is 16.2. The third-order valence-corrected chi connectivity index (χ3v) is 5.82. The fourth-order valence-corrected chi connectivity index (χ4v) is 4.26. The molecule has 0 radical (unpaired) electrons. The van der Waals surface area contributed by atoms with E-state index in [1.54, 1.807) is 6.20 Å². The number of benzene rings is 1. The first-order valence-corrected chi connectivity index (χ1v) is 9.68. The monoisotopic (exact) mass is 382 g/mol. The summed E-state index contributed by atoms with van der Waals surface area (Å²) < 4.78 is 0. The molecule has 6 nitrogen and oxygen atoms in total. The van der Waals surface area contributed by atoms with E-state index in [1.165, 1.54) is 0 Å². The molecular formula is C20H23ClN6. The number of aromatic nitrogens is 2. The van der Waals surface area contributed by atoms with Gasteiger partial charge in [0, 0.05) is 30.2 Å². The first-order chi connectivity index (χ1) is 13.2. The third kappa shape index (κ3) is 3.63. The second-order valence-corrected chi connectivity index (χ2v) is 7.69. The van der Waals surface area contributed by atoms with Gasteiger partial charge in [-0.05, 0) is 38.2 Å². The summed E-state index contributed by atoms with van der Waals surface area (Å²) in [7, 11) is 2.16. The largest absolute Gasteiger partial charge is 0.306 e. The van der Waals surface area contributed by atoms with Crippen LogP contribution in [-0.2, 0) is 0 Å². The van der Waals surface area contributed by atoms with Crippen LogP contribution in [0, 0.1) is 6.57 Å². The molecule has 1 fully saturated rings. The van der Waals surface area contributed by atoms with Crippen molar-refractivity contribution in [2.24, 2.45) is 4.99 Å². The van der Waals surface area contributed by atoms with Crippen LogP contribution in [0.4, 0.5) is 5.82 Å². The molecule has 140 valence electrons. The predicted molar refractivity (Wildman–Crippen MR) is 108 cm³/mol. The third-order valence-electron chi connectivity index (χ3n) is 5.47. The summed E-state index contributed by atoms with van der Waals surface area (Å²) in [6.07, 6.45) is 2.92. The molecule has 1 saturated heterocycles. The first-order valence-electron chi connectivity index (χ1n) is 9.30. The number of nitrogens with one attached hydrogen (secondary N) is 1. The molecule has 1 N–H and O–H groups in total. The number of rotatable bonds is 3. The Kier molecular flexibility index (Phi) is 5.26. The van der Waals surface area contributed by atoms with Gasteiger partial charge in [0.05, 0.1) is 12.1 Å². The molecule has 0 aliphatic carbocycles. The van der Waals surface area contributed by atoms with Crippen LogP contribution in [-0.4, -0.2) is 71.5 Å². The summed E-state index contributed by atoms with van der Waals surface area (Å²) >= 11 is 6.50. The highest BCUT2D eigenvalue weighted by molar-refractivity contribution is 6.31. The van der Waals surface area contributed by atoms with Crippen LogP contribution in [0.2, 0.25) is 5.02 Å². The molecule has 4 rings (SSSR count). The van der Waals surface area contributed by atoms with Gasteiger partial charge in [0.25, 0.3) is 6.04 Å². The topological polar surface area (TPSA) is 51.9 Å². The van der Waals surface area contributed by atoms with Crippen molar-refractivity contribution in [1.82, 2.24) is 20.0 Å². The van der Waals surface area contributed by atoms with Crippen molar-refractivity contribution < 1.29 is 0 Å². The van der Waals surface area contributed by atoms with Gasteiger partial charge in [-0.25, -0.2) is 11.6 Å². The Morgan fingerprint density at radius 2 is 2.07 bits per heavy atom. The smallest absolute Gasteiger partial charge is 0.273 e. The highest BCUT2D eigenvalue weighted by atomic mass is 35.5. The zero-order valence-electron chi connectivity index (χ0n) is 15.4. The fourth-order valence-electron chi connectivity index (χ4n) is 4.01. The standard InChI is InChI=1S/C20H23ClN6/c1-22-19-17(13-27-9-5-8-26(2)10-11-27)24-20-15(12-23-25-20)18(19)14-6-3-4-7-16(14)21/h3-4,6-7,12,18-19H,5,8-11,13H2,2H3,(H,23,25). The molecule has 0 spiro atoms. The van der Waals surface area contributed by atoms with Crippen molar-refractivity contribution in [2.45, 2.75) is 18.4 Å². The minimum absolute atomic E-state index is 0.146. The van der Waals surface area contributed by atoms with Crippen LogP contribution in [0.3, 0.4) is 0 Å². The van der Waals surface area contributed by atoms with Gasteiger partial charge in [-0.15, -0.1) is 0 Å². The molecule has 0 amide bonds. The Bertz CT molecular complexity index is 883. The Balaban J connectivity index is 1.68. The van der Waals surface area contributed by atoms with Crippen LogP contribution in [0.15, 0.2) is 35.5 Å². The average Bonchev–Trinajstić information content (AvgIpc) is 3.04. The summed E-state index contributed by atoms with van der Waals surface area (Å²) in [6.45, 7) is 12.8.